The molecule has 0 bridgehead atoms. The molecule has 1 aromatic rings. The van der Waals surface area contributed by atoms with E-state index < -0.39 is 10.0 Å². The average molecular weight is 290 g/mol. The minimum Gasteiger partial charge on any atom is -0.395 e. The summed E-state index contributed by atoms with van der Waals surface area (Å²) in [6.45, 7) is 4.07. The van der Waals surface area contributed by atoms with Crippen molar-refractivity contribution in [3.8, 4) is 0 Å². The van der Waals surface area contributed by atoms with Gasteiger partial charge in [0.25, 0.3) is 0 Å². The molecule has 8 nitrogen and oxygen atoms in total. The quantitative estimate of drug-likeness (QED) is 0.721. The van der Waals surface area contributed by atoms with Crippen LogP contribution in [0.3, 0.4) is 0 Å². The molecular weight excluding hydrogens is 272 g/mol. The lowest BCUT2D eigenvalue weighted by Gasteiger charge is -2.33. The number of aromatic nitrogens is 1. The first kappa shape index (κ1) is 14.3. The predicted octanol–water partition coefficient (Wildman–Crippen LogP) is -1.14. The number of hydrogen-bond donors (Lipinski definition) is 2. The Bertz CT molecular complexity index is 514. The van der Waals surface area contributed by atoms with Gasteiger partial charge in [-0.15, -0.1) is 0 Å². The predicted molar refractivity (Wildman–Crippen MR) is 67.9 cm³/mol. The van der Waals surface area contributed by atoms with E-state index >= 15 is 0 Å². The highest BCUT2D eigenvalue weighted by molar-refractivity contribution is 7.89. The van der Waals surface area contributed by atoms with Crippen LogP contribution in [0, 0.1) is 6.92 Å². The summed E-state index contributed by atoms with van der Waals surface area (Å²) in [4.78, 5) is 1.97. The van der Waals surface area contributed by atoms with Gasteiger partial charge in [0.2, 0.25) is 10.0 Å². The third-order valence-corrected chi connectivity index (χ3v) is 5.24. The molecule has 9 heteroatoms. The van der Waals surface area contributed by atoms with Gasteiger partial charge in [0.05, 0.1) is 6.61 Å². The van der Waals surface area contributed by atoms with E-state index in [2.05, 4.69) is 5.16 Å². The van der Waals surface area contributed by atoms with E-state index in [-0.39, 0.29) is 23.1 Å². The number of piperazine rings is 1. The van der Waals surface area contributed by atoms with E-state index in [0.29, 0.717) is 32.7 Å². The van der Waals surface area contributed by atoms with Crippen LogP contribution in [-0.4, -0.2) is 67.2 Å². The minimum atomic E-state index is -3.66. The molecule has 1 aliphatic heterocycles. The fourth-order valence-electron chi connectivity index (χ4n) is 2.16. The lowest BCUT2D eigenvalue weighted by Crippen LogP contribution is -2.49. The maximum absolute atomic E-state index is 12.4. The monoisotopic (exact) mass is 290 g/mol. The molecule has 3 N–H and O–H groups in total. The van der Waals surface area contributed by atoms with Gasteiger partial charge in [0, 0.05) is 32.7 Å². The van der Waals surface area contributed by atoms with Crippen LogP contribution in [0.25, 0.3) is 0 Å². The van der Waals surface area contributed by atoms with Crippen LogP contribution in [0.5, 0.6) is 0 Å². The number of hydrogen-bond acceptors (Lipinski definition) is 7. The van der Waals surface area contributed by atoms with Gasteiger partial charge in [0.15, 0.2) is 16.5 Å². The van der Waals surface area contributed by atoms with Gasteiger partial charge in [0.1, 0.15) is 0 Å². The molecule has 108 valence electrons. The van der Waals surface area contributed by atoms with Crippen LogP contribution in [0.4, 0.5) is 5.82 Å². The summed E-state index contributed by atoms with van der Waals surface area (Å²) < 4.78 is 31.0. The highest BCUT2D eigenvalue weighted by Crippen LogP contribution is 2.25. The topological polar surface area (TPSA) is 113 Å². The minimum absolute atomic E-state index is 0.0388. The summed E-state index contributed by atoms with van der Waals surface area (Å²) in [6.07, 6.45) is 0. The van der Waals surface area contributed by atoms with Gasteiger partial charge in [-0.25, -0.2) is 8.42 Å². The second-order valence-corrected chi connectivity index (χ2v) is 6.30. The van der Waals surface area contributed by atoms with Crippen molar-refractivity contribution in [2.45, 2.75) is 11.8 Å². The van der Waals surface area contributed by atoms with Gasteiger partial charge in [-0.2, -0.15) is 4.31 Å². The smallest absolute Gasteiger partial charge is 0.250 e. The Balaban J connectivity index is 2.15. The molecule has 0 aromatic carbocycles. The molecule has 2 rings (SSSR count). The highest BCUT2D eigenvalue weighted by Gasteiger charge is 2.33. The van der Waals surface area contributed by atoms with E-state index in [1.807, 2.05) is 4.90 Å². The first-order chi connectivity index (χ1) is 8.96. The normalized spacial score (nSPS) is 18.8. The molecule has 0 saturated carbocycles. The number of aliphatic hydroxyl groups excluding tert-OH is 1. The number of aryl methyl sites for hydroxylation is 1. The summed E-state index contributed by atoms with van der Waals surface area (Å²) in [5, 5.41) is 12.3. The summed E-state index contributed by atoms with van der Waals surface area (Å²) in [6, 6.07) is 0. The molecule has 0 amide bonds. The molecule has 1 aromatic heterocycles. The van der Waals surface area contributed by atoms with Crippen LogP contribution in [0.1, 0.15) is 5.76 Å². The number of sulfonamides is 1. The Labute approximate surface area is 111 Å². The van der Waals surface area contributed by atoms with Crippen molar-refractivity contribution >= 4 is 15.8 Å². The SMILES string of the molecule is Cc1onc(N)c1S(=O)(=O)N1CCN(CCO)CC1. The molecule has 1 saturated heterocycles. The van der Waals surface area contributed by atoms with Crippen molar-refractivity contribution < 1.29 is 18.0 Å². The first-order valence-corrected chi connectivity index (χ1v) is 7.46. The van der Waals surface area contributed by atoms with Crippen molar-refractivity contribution in [2.24, 2.45) is 0 Å². The number of nitrogens with zero attached hydrogens (tertiary/aromatic N) is 3. The summed E-state index contributed by atoms with van der Waals surface area (Å²) >= 11 is 0. The maximum atomic E-state index is 12.4. The lowest BCUT2D eigenvalue weighted by molar-refractivity contribution is 0.151. The standard InChI is InChI=1S/C10H18N4O4S/c1-8-9(10(11)12-18-8)19(16,17)14-4-2-13(3-5-14)6-7-15/h15H,2-7H2,1H3,(H2,11,12). The van der Waals surface area contributed by atoms with Crippen LogP contribution < -0.4 is 5.73 Å². The van der Waals surface area contributed by atoms with Gasteiger partial charge in [-0.1, -0.05) is 5.16 Å². The first-order valence-electron chi connectivity index (χ1n) is 6.02. The maximum Gasteiger partial charge on any atom is 0.250 e. The van der Waals surface area contributed by atoms with Crippen LogP contribution >= 0.6 is 0 Å². The van der Waals surface area contributed by atoms with Crippen LogP contribution in [0.15, 0.2) is 9.42 Å². The second kappa shape index (κ2) is 5.45. The second-order valence-electron chi connectivity index (χ2n) is 4.42. The van der Waals surface area contributed by atoms with E-state index in [0.717, 1.165) is 0 Å². The molecule has 2 heterocycles. The zero-order valence-electron chi connectivity index (χ0n) is 10.7. The molecular formula is C10H18N4O4S. The van der Waals surface area contributed by atoms with E-state index in [1.54, 1.807) is 0 Å². The van der Waals surface area contributed by atoms with Crippen LogP contribution in [0.2, 0.25) is 0 Å². The van der Waals surface area contributed by atoms with Crippen molar-refractivity contribution in [3.05, 3.63) is 5.76 Å². The summed E-state index contributed by atoms with van der Waals surface area (Å²) in [5.74, 6) is 0.102. The Kier molecular flexibility index (Phi) is 4.09. The van der Waals surface area contributed by atoms with Crippen molar-refractivity contribution in [1.82, 2.24) is 14.4 Å². The number of β-amino-alcohol motifs (C(OH)–C–C–N with tert-alkyl or cyclic N) is 1. The summed E-state index contributed by atoms with van der Waals surface area (Å²) in [7, 11) is -3.66. The van der Waals surface area contributed by atoms with Crippen LogP contribution in [-0.2, 0) is 10.0 Å². The van der Waals surface area contributed by atoms with Gasteiger partial charge in [-0.05, 0) is 6.92 Å². The van der Waals surface area contributed by atoms with Crippen molar-refractivity contribution in [3.63, 3.8) is 0 Å². The average Bonchev–Trinajstić information content (AvgIpc) is 2.70. The Morgan fingerprint density at radius 3 is 2.47 bits per heavy atom. The Morgan fingerprint density at radius 1 is 1.37 bits per heavy atom. The van der Waals surface area contributed by atoms with E-state index in [4.69, 9.17) is 15.4 Å². The summed E-state index contributed by atoms with van der Waals surface area (Å²) in [5.41, 5.74) is 5.56. The fourth-order valence-corrected chi connectivity index (χ4v) is 3.76. The molecule has 0 radical (unpaired) electrons. The Morgan fingerprint density at radius 2 is 2.00 bits per heavy atom. The van der Waals surface area contributed by atoms with Gasteiger partial charge in [-0.3, -0.25) is 4.90 Å². The number of aliphatic hydroxyl groups is 1. The fraction of sp³-hybridized carbons (Fsp3) is 0.700. The van der Waals surface area contributed by atoms with E-state index in [9.17, 15) is 8.42 Å². The van der Waals surface area contributed by atoms with E-state index in [1.165, 1.54) is 11.2 Å². The largest absolute Gasteiger partial charge is 0.395 e. The van der Waals surface area contributed by atoms with Crippen molar-refractivity contribution in [2.75, 3.05) is 45.1 Å². The zero-order chi connectivity index (χ0) is 14.0. The van der Waals surface area contributed by atoms with Crippen molar-refractivity contribution in [1.29, 1.82) is 0 Å². The zero-order valence-corrected chi connectivity index (χ0v) is 11.6. The number of nitrogens with two attached hydrogens (primary N) is 1. The molecule has 1 fully saturated rings. The van der Waals surface area contributed by atoms with Gasteiger partial charge >= 0.3 is 0 Å². The lowest BCUT2D eigenvalue weighted by atomic mass is 10.4. The third kappa shape index (κ3) is 2.73. The molecule has 0 spiro atoms. The molecule has 0 aliphatic carbocycles. The molecule has 19 heavy (non-hydrogen) atoms. The Hall–Kier alpha value is -1.16. The molecule has 1 aliphatic rings. The number of rotatable bonds is 4. The highest BCUT2D eigenvalue weighted by atomic mass is 32.2. The number of anilines is 1. The number of nitrogen functional groups attached to an aromatic ring is 1. The molecule has 0 unspecified atom stereocenters. The third-order valence-electron chi connectivity index (χ3n) is 3.18. The molecule has 0 atom stereocenters. The van der Waals surface area contributed by atoms with Gasteiger partial charge < -0.3 is 15.4 Å².